The Balaban J connectivity index is 2.03. The van der Waals surface area contributed by atoms with Crippen molar-refractivity contribution in [3.05, 3.63) is 0 Å². The van der Waals surface area contributed by atoms with Crippen molar-refractivity contribution >= 4 is 11.4 Å². The van der Waals surface area contributed by atoms with Crippen LogP contribution in [0.15, 0.2) is 9.98 Å². The molecule has 0 amide bonds. The molecule has 0 aliphatic heterocycles. The lowest BCUT2D eigenvalue weighted by Gasteiger charge is -2.28. The molecule has 0 aromatic rings. The second kappa shape index (κ2) is 4.91. The minimum absolute atomic E-state index is 0.781. The molecule has 15 heavy (non-hydrogen) atoms. The molecule has 2 rings (SSSR count). The van der Waals surface area contributed by atoms with Crippen LogP contribution in [0.4, 0.5) is 0 Å². The molecule has 0 N–H and O–H groups in total. The van der Waals surface area contributed by atoms with Gasteiger partial charge in [0.1, 0.15) is 0 Å². The Hall–Kier alpha value is -0.660. The topological polar surface area (TPSA) is 24.7 Å². The fraction of sp³-hybridized carbons (Fsp3) is 0.846. The molecule has 2 saturated carbocycles. The van der Waals surface area contributed by atoms with Crippen molar-refractivity contribution in [2.45, 2.75) is 44.9 Å². The largest absolute Gasteiger partial charge is 0.297 e. The summed E-state index contributed by atoms with van der Waals surface area (Å²) in [5.74, 6) is 1.63. The van der Waals surface area contributed by atoms with Gasteiger partial charge in [-0.2, -0.15) is 0 Å². The molecule has 0 saturated heterocycles. The van der Waals surface area contributed by atoms with Crippen molar-refractivity contribution in [2.24, 2.45) is 21.8 Å². The van der Waals surface area contributed by atoms with Gasteiger partial charge in [-0.25, -0.2) is 0 Å². The lowest BCUT2D eigenvalue weighted by Crippen LogP contribution is -2.26. The highest BCUT2D eigenvalue weighted by Gasteiger charge is 2.32. The standard InChI is InChI=1S/C13H22N2/c1-14-11-8-7-10(9-11)12-5-3-4-6-13(12)15-2/h10,12H,3-9H2,1-2H3/b14-11-,15-13+. The molecule has 0 bridgehead atoms. The third kappa shape index (κ3) is 2.30. The maximum atomic E-state index is 4.50. The third-order valence-corrected chi connectivity index (χ3v) is 4.10. The lowest BCUT2D eigenvalue weighted by atomic mass is 9.77. The van der Waals surface area contributed by atoms with Crippen molar-refractivity contribution in [3.63, 3.8) is 0 Å². The van der Waals surface area contributed by atoms with Crippen molar-refractivity contribution in [3.8, 4) is 0 Å². The van der Waals surface area contributed by atoms with Crippen LogP contribution in [-0.2, 0) is 0 Å². The number of hydrogen-bond donors (Lipinski definition) is 0. The van der Waals surface area contributed by atoms with Gasteiger partial charge >= 0.3 is 0 Å². The zero-order chi connectivity index (χ0) is 10.7. The molecular weight excluding hydrogens is 184 g/mol. The second-order valence-electron chi connectivity index (χ2n) is 4.86. The van der Waals surface area contributed by atoms with E-state index in [2.05, 4.69) is 9.98 Å². The Morgan fingerprint density at radius 1 is 1.00 bits per heavy atom. The third-order valence-electron chi connectivity index (χ3n) is 4.10. The highest BCUT2D eigenvalue weighted by Crippen LogP contribution is 2.37. The summed E-state index contributed by atoms with van der Waals surface area (Å²) in [5, 5.41) is 0. The molecule has 84 valence electrons. The van der Waals surface area contributed by atoms with Crippen LogP contribution in [0.25, 0.3) is 0 Å². The minimum atomic E-state index is 0.781. The summed E-state index contributed by atoms with van der Waals surface area (Å²) in [4.78, 5) is 8.86. The second-order valence-corrected chi connectivity index (χ2v) is 4.86. The first kappa shape index (κ1) is 10.8. The van der Waals surface area contributed by atoms with Gasteiger partial charge in [0.05, 0.1) is 0 Å². The van der Waals surface area contributed by atoms with Crippen LogP contribution in [0.3, 0.4) is 0 Å². The summed E-state index contributed by atoms with van der Waals surface area (Å²) >= 11 is 0. The van der Waals surface area contributed by atoms with E-state index in [0.717, 1.165) is 11.8 Å². The van der Waals surface area contributed by atoms with Crippen molar-refractivity contribution in [1.29, 1.82) is 0 Å². The molecule has 0 spiro atoms. The normalized spacial score (nSPS) is 37.7. The summed E-state index contributed by atoms with van der Waals surface area (Å²) in [6, 6.07) is 0. The molecule has 2 nitrogen and oxygen atoms in total. The van der Waals surface area contributed by atoms with Gasteiger partial charge < -0.3 is 0 Å². The van der Waals surface area contributed by atoms with E-state index < -0.39 is 0 Å². The van der Waals surface area contributed by atoms with Gasteiger partial charge in [-0.15, -0.1) is 0 Å². The van der Waals surface area contributed by atoms with Crippen LogP contribution in [-0.4, -0.2) is 25.5 Å². The number of rotatable bonds is 1. The molecule has 2 fully saturated rings. The fourth-order valence-corrected chi connectivity index (χ4v) is 3.21. The molecule has 2 atom stereocenters. The molecule has 0 radical (unpaired) electrons. The molecule has 2 aliphatic carbocycles. The maximum Gasteiger partial charge on any atom is 0.0276 e. The van der Waals surface area contributed by atoms with Crippen LogP contribution in [0.1, 0.15) is 44.9 Å². The zero-order valence-electron chi connectivity index (χ0n) is 10.00. The summed E-state index contributed by atoms with van der Waals surface area (Å²) < 4.78 is 0. The average Bonchev–Trinajstić information content (AvgIpc) is 2.77. The van der Waals surface area contributed by atoms with Crippen LogP contribution in [0, 0.1) is 11.8 Å². The van der Waals surface area contributed by atoms with Crippen LogP contribution < -0.4 is 0 Å². The average molecular weight is 206 g/mol. The van der Waals surface area contributed by atoms with E-state index in [9.17, 15) is 0 Å². The molecular formula is C13H22N2. The van der Waals surface area contributed by atoms with E-state index in [-0.39, 0.29) is 0 Å². The molecule has 0 heterocycles. The molecule has 0 aromatic heterocycles. The molecule has 0 aromatic carbocycles. The monoisotopic (exact) mass is 206 g/mol. The first-order chi connectivity index (χ1) is 7.35. The van der Waals surface area contributed by atoms with E-state index in [1.807, 2.05) is 14.1 Å². The number of hydrogen-bond acceptors (Lipinski definition) is 2. The fourth-order valence-electron chi connectivity index (χ4n) is 3.21. The Bertz CT molecular complexity index is 278. The van der Waals surface area contributed by atoms with E-state index in [0.29, 0.717) is 0 Å². The Morgan fingerprint density at radius 3 is 2.53 bits per heavy atom. The summed E-state index contributed by atoms with van der Waals surface area (Å²) in [7, 11) is 3.91. The quantitative estimate of drug-likeness (QED) is 0.630. The van der Waals surface area contributed by atoms with E-state index in [4.69, 9.17) is 0 Å². The van der Waals surface area contributed by atoms with E-state index >= 15 is 0 Å². The SMILES string of the molecule is C/N=C1/CCC(C2CCCC/C2=N\C)C1. The van der Waals surface area contributed by atoms with Gasteiger partial charge in [0.2, 0.25) is 0 Å². The number of aliphatic imine (C=N–C) groups is 2. The lowest BCUT2D eigenvalue weighted by molar-refractivity contribution is 0.377. The number of nitrogens with zero attached hydrogens (tertiary/aromatic N) is 2. The zero-order valence-corrected chi connectivity index (χ0v) is 10.00. The highest BCUT2D eigenvalue weighted by atomic mass is 14.7. The molecule has 2 unspecified atom stereocenters. The van der Waals surface area contributed by atoms with Gasteiger partial charge in [-0.05, 0) is 50.4 Å². The summed E-state index contributed by atoms with van der Waals surface area (Å²) in [6.07, 6.45) is 9.18. The Kier molecular flexibility index (Phi) is 3.55. The minimum Gasteiger partial charge on any atom is -0.297 e. The predicted octanol–water partition coefficient (Wildman–Crippen LogP) is 3.12. The van der Waals surface area contributed by atoms with Gasteiger partial charge in [-0.1, -0.05) is 6.42 Å². The van der Waals surface area contributed by atoms with Crippen molar-refractivity contribution in [2.75, 3.05) is 14.1 Å². The van der Waals surface area contributed by atoms with Gasteiger partial charge in [-0.3, -0.25) is 9.98 Å². The first-order valence-corrected chi connectivity index (χ1v) is 6.25. The van der Waals surface area contributed by atoms with Gasteiger partial charge in [0, 0.05) is 25.5 Å². The molecule has 2 aliphatic rings. The maximum absolute atomic E-state index is 4.50. The smallest absolute Gasteiger partial charge is 0.0276 e. The van der Waals surface area contributed by atoms with Gasteiger partial charge in [0.15, 0.2) is 0 Å². The highest BCUT2D eigenvalue weighted by molar-refractivity contribution is 5.91. The van der Waals surface area contributed by atoms with Crippen LogP contribution in [0.5, 0.6) is 0 Å². The van der Waals surface area contributed by atoms with Gasteiger partial charge in [0.25, 0.3) is 0 Å². The van der Waals surface area contributed by atoms with Crippen molar-refractivity contribution < 1.29 is 0 Å². The first-order valence-electron chi connectivity index (χ1n) is 6.25. The van der Waals surface area contributed by atoms with E-state index in [1.54, 1.807) is 0 Å². The van der Waals surface area contributed by atoms with Crippen LogP contribution in [0.2, 0.25) is 0 Å². The Morgan fingerprint density at radius 2 is 1.87 bits per heavy atom. The van der Waals surface area contributed by atoms with Crippen molar-refractivity contribution in [1.82, 2.24) is 0 Å². The Labute approximate surface area is 92.9 Å². The summed E-state index contributed by atoms with van der Waals surface area (Å²) in [5.41, 5.74) is 2.92. The predicted molar refractivity (Wildman–Crippen MR) is 66.0 cm³/mol. The van der Waals surface area contributed by atoms with Crippen LogP contribution >= 0.6 is 0 Å². The summed E-state index contributed by atoms with van der Waals surface area (Å²) in [6.45, 7) is 0. The molecule has 2 heteroatoms. The van der Waals surface area contributed by atoms with E-state index in [1.165, 1.54) is 56.4 Å².